The molecule has 0 N–H and O–H groups in total. The molecule has 2 heteroatoms. The molecule has 0 aromatic rings. The van der Waals surface area contributed by atoms with E-state index in [9.17, 15) is 4.79 Å². The molecule has 1 unspecified atom stereocenters. The van der Waals surface area contributed by atoms with Crippen molar-refractivity contribution in [3.63, 3.8) is 0 Å². The van der Waals surface area contributed by atoms with Gasteiger partial charge in [0, 0.05) is 6.92 Å². The Hall–Kier alpha value is -0.790. The Morgan fingerprint density at radius 1 is 1.36 bits per heavy atom. The number of hydrogen-bond donors (Lipinski definition) is 0. The van der Waals surface area contributed by atoms with Crippen LogP contribution in [0.1, 0.15) is 53.4 Å². The van der Waals surface area contributed by atoms with Gasteiger partial charge in [-0.2, -0.15) is 0 Å². The van der Waals surface area contributed by atoms with Crippen LogP contribution >= 0.6 is 0 Å². The van der Waals surface area contributed by atoms with E-state index in [1.54, 1.807) is 0 Å². The van der Waals surface area contributed by atoms with Gasteiger partial charge >= 0.3 is 5.97 Å². The number of hydrogen-bond acceptors (Lipinski definition) is 2. The second kappa shape index (κ2) is 6.63. The molecule has 0 aromatic carbocycles. The summed E-state index contributed by atoms with van der Waals surface area (Å²) in [5, 5.41) is 0. The van der Waals surface area contributed by atoms with Crippen molar-refractivity contribution in [2.75, 3.05) is 0 Å². The van der Waals surface area contributed by atoms with Gasteiger partial charge in [-0.15, -0.1) is 0 Å². The summed E-state index contributed by atoms with van der Waals surface area (Å²) in [7, 11) is 0. The highest BCUT2D eigenvalue weighted by Gasteiger charge is 2.23. The van der Waals surface area contributed by atoms with Crippen LogP contribution in [0.15, 0.2) is 12.2 Å². The summed E-state index contributed by atoms with van der Waals surface area (Å²) in [6, 6.07) is 0. The Balaban J connectivity index is 3.98. The van der Waals surface area contributed by atoms with E-state index >= 15 is 0 Å². The number of ether oxygens (including phenoxy) is 1. The monoisotopic (exact) mass is 198 g/mol. The van der Waals surface area contributed by atoms with Crippen LogP contribution < -0.4 is 0 Å². The lowest BCUT2D eigenvalue weighted by atomic mass is 9.96. The van der Waals surface area contributed by atoms with Crippen LogP contribution in [-0.2, 0) is 9.53 Å². The average molecular weight is 198 g/mol. The molecular weight excluding hydrogens is 176 g/mol. The lowest BCUT2D eigenvalue weighted by Crippen LogP contribution is -2.29. The third kappa shape index (κ3) is 5.79. The Bertz CT molecular complexity index is 196. The second-order valence-corrected chi connectivity index (χ2v) is 3.82. The molecule has 0 amide bonds. The van der Waals surface area contributed by atoms with Gasteiger partial charge in [0.2, 0.25) is 0 Å². The molecule has 0 heterocycles. The standard InChI is InChI=1S/C12H22O2/c1-5-7-8-9-10-12(4,6-2)14-11(3)13/h7-8H,5-6,9-10H2,1-4H3. The molecule has 14 heavy (non-hydrogen) atoms. The van der Waals surface area contributed by atoms with Crippen LogP contribution in [0, 0.1) is 0 Å². The first-order valence-corrected chi connectivity index (χ1v) is 5.38. The van der Waals surface area contributed by atoms with Crippen molar-refractivity contribution in [3.05, 3.63) is 12.2 Å². The van der Waals surface area contributed by atoms with Gasteiger partial charge in [-0.3, -0.25) is 4.79 Å². The lowest BCUT2D eigenvalue weighted by Gasteiger charge is -2.27. The van der Waals surface area contributed by atoms with Crippen LogP contribution in [0.3, 0.4) is 0 Å². The normalized spacial score (nSPS) is 15.4. The molecule has 0 saturated heterocycles. The highest BCUT2D eigenvalue weighted by Crippen LogP contribution is 2.22. The molecule has 82 valence electrons. The maximum Gasteiger partial charge on any atom is 0.303 e. The van der Waals surface area contributed by atoms with Gasteiger partial charge in [0.1, 0.15) is 5.60 Å². The van der Waals surface area contributed by atoms with Gasteiger partial charge in [-0.25, -0.2) is 0 Å². The average Bonchev–Trinajstić information content (AvgIpc) is 2.11. The van der Waals surface area contributed by atoms with E-state index in [2.05, 4.69) is 19.1 Å². The topological polar surface area (TPSA) is 26.3 Å². The minimum absolute atomic E-state index is 0.186. The molecule has 0 bridgehead atoms. The van der Waals surface area contributed by atoms with E-state index in [0.29, 0.717) is 0 Å². The first-order chi connectivity index (χ1) is 6.54. The van der Waals surface area contributed by atoms with Crippen LogP contribution in [0.25, 0.3) is 0 Å². The highest BCUT2D eigenvalue weighted by atomic mass is 16.6. The van der Waals surface area contributed by atoms with Crippen LogP contribution in [0.2, 0.25) is 0 Å². The van der Waals surface area contributed by atoms with Crippen LogP contribution in [-0.4, -0.2) is 11.6 Å². The lowest BCUT2D eigenvalue weighted by molar-refractivity contribution is -0.156. The number of rotatable bonds is 6. The molecule has 0 aliphatic carbocycles. The fourth-order valence-electron chi connectivity index (χ4n) is 1.32. The van der Waals surface area contributed by atoms with E-state index in [-0.39, 0.29) is 11.6 Å². The van der Waals surface area contributed by atoms with Gasteiger partial charge < -0.3 is 4.74 Å². The van der Waals surface area contributed by atoms with Gasteiger partial charge in [0.15, 0.2) is 0 Å². The van der Waals surface area contributed by atoms with E-state index < -0.39 is 0 Å². The second-order valence-electron chi connectivity index (χ2n) is 3.82. The van der Waals surface area contributed by atoms with Gasteiger partial charge in [-0.1, -0.05) is 26.0 Å². The van der Waals surface area contributed by atoms with Crippen molar-refractivity contribution in [3.8, 4) is 0 Å². The van der Waals surface area contributed by atoms with Crippen molar-refractivity contribution in [2.45, 2.75) is 59.0 Å². The first kappa shape index (κ1) is 13.2. The van der Waals surface area contributed by atoms with Crippen molar-refractivity contribution >= 4 is 5.97 Å². The van der Waals surface area contributed by atoms with Gasteiger partial charge in [0.25, 0.3) is 0 Å². The number of allylic oxidation sites excluding steroid dienone is 2. The molecule has 0 aromatic heterocycles. The molecule has 0 saturated carbocycles. The van der Waals surface area contributed by atoms with Crippen molar-refractivity contribution in [2.24, 2.45) is 0 Å². The van der Waals surface area contributed by atoms with Gasteiger partial charge in [-0.05, 0) is 32.6 Å². The van der Waals surface area contributed by atoms with E-state index in [1.165, 1.54) is 6.92 Å². The Morgan fingerprint density at radius 3 is 2.43 bits per heavy atom. The van der Waals surface area contributed by atoms with E-state index in [1.807, 2.05) is 13.8 Å². The summed E-state index contributed by atoms with van der Waals surface area (Å²) < 4.78 is 5.29. The zero-order chi connectivity index (χ0) is 11.0. The highest BCUT2D eigenvalue weighted by molar-refractivity contribution is 5.66. The molecule has 1 atom stereocenters. The van der Waals surface area contributed by atoms with Gasteiger partial charge in [0.05, 0.1) is 0 Å². The zero-order valence-electron chi connectivity index (χ0n) is 9.80. The Labute approximate surface area is 87.3 Å². The quantitative estimate of drug-likeness (QED) is 0.482. The summed E-state index contributed by atoms with van der Waals surface area (Å²) in [6.07, 6.45) is 8.11. The number of carbonyl (C=O) groups excluding carboxylic acids is 1. The molecule has 2 nitrogen and oxygen atoms in total. The Kier molecular flexibility index (Phi) is 6.26. The van der Waals surface area contributed by atoms with E-state index in [0.717, 1.165) is 25.7 Å². The largest absolute Gasteiger partial charge is 0.460 e. The SMILES string of the molecule is CCC=CCCC(C)(CC)OC(C)=O. The maximum atomic E-state index is 10.9. The number of esters is 1. The zero-order valence-corrected chi connectivity index (χ0v) is 9.80. The molecule has 0 radical (unpaired) electrons. The third-order valence-corrected chi connectivity index (χ3v) is 2.38. The molecule has 0 aliphatic rings. The fourth-order valence-corrected chi connectivity index (χ4v) is 1.32. The summed E-state index contributed by atoms with van der Waals surface area (Å²) in [5.74, 6) is -0.186. The fraction of sp³-hybridized carbons (Fsp3) is 0.750. The van der Waals surface area contributed by atoms with Crippen molar-refractivity contribution in [1.29, 1.82) is 0 Å². The molecule has 0 spiro atoms. The van der Waals surface area contributed by atoms with Crippen LogP contribution in [0.4, 0.5) is 0 Å². The summed E-state index contributed by atoms with van der Waals surface area (Å²) in [6.45, 7) is 7.62. The smallest absolute Gasteiger partial charge is 0.303 e. The summed E-state index contributed by atoms with van der Waals surface area (Å²) >= 11 is 0. The summed E-state index contributed by atoms with van der Waals surface area (Å²) in [5.41, 5.74) is -0.288. The Morgan fingerprint density at radius 2 is 2.00 bits per heavy atom. The minimum Gasteiger partial charge on any atom is -0.460 e. The predicted molar refractivity (Wildman–Crippen MR) is 59.1 cm³/mol. The third-order valence-electron chi connectivity index (χ3n) is 2.38. The van der Waals surface area contributed by atoms with Crippen molar-refractivity contribution < 1.29 is 9.53 Å². The molecular formula is C12H22O2. The maximum absolute atomic E-state index is 10.9. The van der Waals surface area contributed by atoms with Crippen LogP contribution in [0.5, 0.6) is 0 Å². The molecule has 0 aliphatic heterocycles. The molecule has 0 rings (SSSR count). The molecule has 0 fully saturated rings. The van der Waals surface area contributed by atoms with E-state index in [4.69, 9.17) is 4.74 Å². The summed E-state index contributed by atoms with van der Waals surface area (Å²) in [4.78, 5) is 10.9. The number of carbonyl (C=O) groups is 1. The van der Waals surface area contributed by atoms with Crippen molar-refractivity contribution in [1.82, 2.24) is 0 Å². The predicted octanol–water partition coefficient (Wildman–Crippen LogP) is 3.46. The first-order valence-electron chi connectivity index (χ1n) is 5.38. The minimum atomic E-state index is -0.288.